The van der Waals surface area contributed by atoms with Crippen LogP contribution in [0.1, 0.15) is 23.2 Å². The Kier molecular flexibility index (Phi) is 5.32. The van der Waals surface area contributed by atoms with E-state index in [1.807, 2.05) is 0 Å². The first-order chi connectivity index (χ1) is 11.8. The zero-order valence-electron chi connectivity index (χ0n) is 13.8. The molecule has 0 amide bonds. The lowest BCUT2D eigenvalue weighted by Gasteiger charge is -2.07. The number of hydrogen-bond acceptors (Lipinski definition) is 7. The molecule has 0 radical (unpaired) electrons. The van der Waals surface area contributed by atoms with Crippen molar-refractivity contribution < 1.29 is 14.6 Å². The summed E-state index contributed by atoms with van der Waals surface area (Å²) in [6.45, 7) is 3.46. The topological polar surface area (TPSA) is 152 Å². The van der Waals surface area contributed by atoms with Crippen LogP contribution in [0, 0.1) is 24.0 Å². The Morgan fingerprint density at radius 2 is 2.16 bits per heavy atom. The molecule has 0 fully saturated rings. The van der Waals surface area contributed by atoms with E-state index >= 15 is 0 Å². The summed E-state index contributed by atoms with van der Waals surface area (Å²) in [4.78, 5) is 26.8. The van der Waals surface area contributed by atoms with Crippen molar-refractivity contribution in [3.8, 4) is 0 Å². The number of carbonyl (C=O) groups excluding carboxylic acids is 1. The van der Waals surface area contributed by atoms with Crippen molar-refractivity contribution in [2.24, 2.45) is 10.9 Å². The van der Waals surface area contributed by atoms with E-state index in [0.717, 1.165) is 11.8 Å². The van der Waals surface area contributed by atoms with Gasteiger partial charge in [0.2, 0.25) is 0 Å². The maximum absolute atomic E-state index is 11.8. The maximum Gasteiger partial charge on any atom is 0.336 e. The van der Waals surface area contributed by atoms with E-state index in [2.05, 4.69) is 10.3 Å². The molecule has 0 saturated carbocycles. The number of benzene rings is 1. The number of carbonyl (C=O) groups is 1. The van der Waals surface area contributed by atoms with Crippen molar-refractivity contribution in [2.75, 3.05) is 5.73 Å². The summed E-state index contributed by atoms with van der Waals surface area (Å²) in [6, 6.07) is 5.16. The minimum atomic E-state index is -0.637. The molecule has 0 unspecified atom stereocenters. The van der Waals surface area contributed by atoms with E-state index in [1.165, 1.54) is 4.68 Å². The highest BCUT2D eigenvalue weighted by atomic mass is 16.7. The van der Waals surface area contributed by atoms with Crippen LogP contribution in [-0.4, -0.2) is 26.5 Å². The van der Waals surface area contributed by atoms with Gasteiger partial charge in [-0.05, 0) is 25.5 Å². The van der Waals surface area contributed by atoms with Crippen LogP contribution in [0.25, 0.3) is 0 Å². The van der Waals surface area contributed by atoms with Crippen molar-refractivity contribution in [2.45, 2.75) is 26.8 Å². The fourth-order valence-electron chi connectivity index (χ4n) is 2.16. The quantitative estimate of drug-likeness (QED) is 0.199. The van der Waals surface area contributed by atoms with Crippen LogP contribution in [0.15, 0.2) is 29.6 Å². The molecule has 132 valence electrons. The van der Waals surface area contributed by atoms with E-state index in [0.29, 0.717) is 16.9 Å². The van der Waals surface area contributed by atoms with E-state index in [9.17, 15) is 14.9 Å². The second-order valence-corrected chi connectivity index (χ2v) is 5.31. The molecule has 0 aliphatic heterocycles. The van der Waals surface area contributed by atoms with Gasteiger partial charge in [0.05, 0.1) is 17.9 Å². The third-order valence-electron chi connectivity index (χ3n) is 3.70. The van der Waals surface area contributed by atoms with Gasteiger partial charge in [-0.2, -0.15) is 5.10 Å². The summed E-state index contributed by atoms with van der Waals surface area (Å²) >= 11 is 0. The van der Waals surface area contributed by atoms with Crippen molar-refractivity contribution in [1.29, 1.82) is 0 Å². The number of aromatic nitrogens is 2. The Balaban J connectivity index is 1.96. The Morgan fingerprint density at radius 3 is 2.80 bits per heavy atom. The Hall–Kier alpha value is -3.43. The van der Waals surface area contributed by atoms with Gasteiger partial charge in [-0.15, -0.1) is 0 Å². The van der Waals surface area contributed by atoms with Crippen LogP contribution in [0.2, 0.25) is 0 Å². The molecule has 1 aromatic carbocycles. The number of aryl methyl sites for hydroxylation is 1. The summed E-state index contributed by atoms with van der Waals surface area (Å²) in [5.41, 5.74) is 13.7. The minimum Gasteiger partial charge on any atom is -0.398 e. The molecule has 0 spiro atoms. The molecular weight excluding hydrogens is 328 g/mol. The molecule has 0 bridgehead atoms. The number of amidine groups is 1. The highest BCUT2D eigenvalue weighted by Gasteiger charge is 2.17. The van der Waals surface area contributed by atoms with Crippen molar-refractivity contribution >= 4 is 23.2 Å². The maximum atomic E-state index is 11.8. The number of nitrogens with zero attached hydrogens (tertiary/aromatic N) is 4. The third kappa shape index (κ3) is 4.10. The molecule has 4 N–H and O–H groups in total. The van der Waals surface area contributed by atoms with Gasteiger partial charge in [-0.3, -0.25) is 14.8 Å². The molecular formula is C15H18N6O4. The van der Waals surface area contributed by atoms with Gasteiger partial charge in [0.1, 0.15) is 11.9 Å². The van der Waals surface area contributed by atoms with Gasteiger partial charge in [-0.1, -0.05) is 17.3 Å². The Morgan fingerprint density at radius 1 is 1.44 bits per heavy atom. The van der Waals surface area contributed by atoms with E-state index in [-0.39, 0.29) is 24.5 Å². The first-order valence-corrected chi connectivity index (χ1v) is 7.36. The molecule has 0 aliphatic carbocycles. The number of nitrogen functional groups attached to an aromatic ring is 1. The van der Waals surface area contributed by atoms with E-state index in [1.54, 1.807) is 32.0 Å². The largest absolute Gasteiger partial charge is 0.398 e. The van der Waals surface area contributed by atoms with Crippen LogP contribution in [0.4, 0.5) is 11.4 Å². The van der Waals surface area contributed by atoms with Gasteiger partial charge < -0.3 is 16.3 Å². The van der Waals surface area contributed by atoms with Crippen LogP contribution in [0.3, 0.4) is 0 Å². The summed E-state index contributed by atoms with van der Waals surface area (Å²) in [6.07, 6.45) is 1.08. The molecule has 0 atom stereocenters. The molecule has 1 heterocycles. The van der Waals surface area contributed by atoms with Crippen LogP contribution < -0.4 is 11.5 Å². The summed E-state index contributed by atoms with van der Waals surface area (Å²) in [5.74, 6) is -0.605. The standard InChI is InChI=1S/C15H18N6O4/c1-9-11(4-3-5-12(9)16)15(17)19-25-14(22)6-7-20-10(2)13(8-18-20)21(23)24/h3-5,8H,6-7,16H2,1-2H3,(H2,17,19). The average molecular weight is 346 g/mol. The second kappa shape index (κ2) is 7.43. The molecule has 2 rings (SSSR count). The summed E-state index contributed by atoms with van der Waals surface area (Å²) in [7, 11) is 0. The zero-order valence-corrected chi connectivity index (χ0v) is 13.8. The predicted molar refractivity (Wildman–Crippen MR) is 90.6 cm³/mol. The fraction of sp³-hybridized carbons (Fsp3) is 0.267. The molecule has 0 aliphatic rings. The van der Waals surface area contributed by atoms with Crippen LogP contribution in [-0.2, 0) is 16.2 Å². The normalized spacial score (nSPS) is 11.4. The highest BCUT2D eigenvalue weighted by molar-refractivity contribution is 5.99. The van der Waals surface area contributed by atoms with Crippen LogP contribution >= 0.6 is 0 Å². The Bertz CT molecular complexity index is 843. The summed E-state index contributed by atoms with van der Waals surface area (Å²) in [5, 5.41) is 18.2. The summed E-state index contributed by atoms with van der Waals surface area (Å²) < 4.78 is 1.36. The Labute approximate surface area is 143 Å². The molecule has 2 aromatic rings. The number of rotatable bonds is 6. The lowest BCUT2D eigenvalue weighted by molar-refractivity contribution is -0.385. The third-order valence-corrected chi connectivity index (χ3v) is 3.70. The van der Waals surface area contributed by atoms with E-state index < -0.39 is 10.9 Å². The molecule has 25 heavy (non-hydrogen) atoms. The molecule has 10 heteroatoms. The zero-order chi connectivity index (χ0) is 18.6. The van der Waals surface area contributed by atoms with Gasteiger partial charge >= 0.3 is 11.7 Å². The second-order valence-electron chi connectivity index (χ2n) is 5.31. The highest BCUT2D eigenvalue weighted by Crippen LogP contribution is 2.17. The van der Waals surface area contributed by atoms with Crippen molar-refractivity contribution in [3.63, 3.8) is 0 Å². The average Bonchev–Trinajstić information content (AvgIpc) is 2.94. The number of nitro groups is 1. The lowest BCUT2D eigenvalue weighted by atomic mass is 10.1. The van der Waals surface area contributed by atoms with Crippen LogP contribution in [0.5, 0.6) is 0 Å². The van der Waals surface area contributed by atoms with Gasteiger partial charge in [-0.25, -0.2) is 4.79 Å². The molecule has 0 saturated heterocycles. The van der Waals surface area contributed by atoms with E-state index in [4.69, 9.17) is 16.3 Å². The lowest BCUT2D eigenvalue weighted by Crippen LogP contribution is -2.17. The SMILES string of the molecule is Cc1c(N)cccc1/C(N)=N/OC(=O)CCn1ncc([N+](=O)[O-])c1C. The minimum absolute atomic E-state index is 0.0315. The van der Waals surface area contributed by atoms with Gasteiger partial charge in [0.15, 0.2) is 5.84 Å². The molecule has 1 aromatic heterocycles. The fourth-order valence-corrected chi connectivity index (χ4v) is 2.16. The smallest absolute Gasteiger partial charge is 0.336 e. The number of nitrogens with two attached hydrogens (primary N) is 2. The number of oxime groups is 1. The monoisotopic (exact) mass is 346 g/mol. The first kappa shape index (κ1) is 17.9. The first-order valence-electron chi connectivity index (χ1n) is 7.36. The van der Waals surface area contributed by atoms with Gasteiger partial charge in [0, 0.05) is 11.3 Å². The predicted octanol–water partition coefficient (Wildman–Crippen LogP) is 1.24. The van der Waals surface area contributed by atoms with Crippen molar-refractivity contribution in [3.05, 3.63) is 51.3 Å². The van der Waals surface area contributed by atoms with Crippen molar-refractivity contribution in [1.82, 2.24) is 9.78 Å². The molecule has 10 nitrogen and oxygen atoms in total. The number of hydrogen-bond donors (Lipinski definition) is 2. The van der Waals surface area contributed by atoms with Gasteiger partial charge in [0.25, 0.3) is 0 Å². The number of anilines is 1.